The summed E-state index contributed by atoms with van der Waals surface area (Å²) in [5.41, 5.74) is 0. The molecular weight excluding hydrogens is 960 g/mol. The summed E-state index contributed by atoms with van der Waals surface area (Å²) in [7, 11) is 1.22. The molecule has 3 atom stereocenters. The summed E-state index contributed by atoms with van der Waals surface area (Å²) < 4.78 is 23.3. The number of hydrogen-bond donors (Lipinski definition) is 2. The molecule has 0 aromatic carbocycles. The lowest BCUT2D eigenvalue weighted by Crippen LogP contribution is -2.45. The molecule has 2 N–H and O–H groups in total. The standard InChI is InChI=1S/C67H111N2O6P/c1-6-8-10-12-14-16-18-20-21-22-23-24-25-26-27-28-29-30-31-32-33-34-35-36-37-38-39-40-41-42-43-44-45-46-47-49-51-53-55-57-59-61-67(71)68-65(64-75-76(72,73)74-63-62-69(3,4)5)66(70)60-58-56-54-52-50-48-19-17-15-13-11-9-7-2/h8,10,14,16,20-21,23-24,26-27,29-30,32-33,35-36,38-39,41-42,44-45,47,49,58,60,65-66,70H,6-7,9,11-13,15,17-19,22,25,28,31,34,37,40,43,46,48,50-57,59,61-64H2,1-5H3,(H-,68,71,72,73)/b10-8-,16-14-,21-20-,24-23-,27-26-,30-29-,33-32-,36-35-,39-38-,42-41-,45-44-,49-47-,60-58+. The van der Waals surface area contributed by atoms with Crippen molar-refractivity contribution in [2.75, 3.05) is 40.9 Å². The van der Waals surface area contributed by atoms with E-state index in [0.717, 1.165) is 128 Å². The number of aliphatic hydroxyl groups is 1. The number of amides is 1. The molecule has 1 amide bonds. The van der Waals surface area contributed by atoms with E-state index in [-0.39, 0.29) is 12.5 Å². The Hall–Kier alpha value is -3.88. The van der Waals surface area contributed by atoms with Crippen LogP contribution in [0.5, 0.6) is 0 Å². The van der Waals surface area contributed by atoms with Crippen LogP contribution in [0.2, 0.25) is 0 Å². The maximum absolute atomic E-state index is 12.9. The zero-order chi connectivity index (χ0) is 55.6. The Kier molecular flexibility index (Phi) is 53.0. The number of carbonyl (C=O) groups is 1. The molecule has 0 saturated carbocycles. The number of nitrogens with zero attached hydrogens (tertiary/aromatic N) is 1. The van der Waals surface area contributed by atoms with E-state index in [0.29, 0.717) is 17.4 Å². The molecule has 0 aromatic rings. The van der Waals surface area contributed by atoms with Gasteiger partial charge in [0, 0.05) is 6.42 Å². The van der Waals surface area contributed by atoms with Gasteiger partial charge in [-0.3, -0.25) is 9.36 Å². The van der Waals surface area contributed by atoms with E-state index in [4.69, 9.17) is 9.05 Å². The molecule has 0 saturated heterocycles. The number of phosphoric acid groups is 1. The summed E-state index contributed by atoms with van der Waals surface area (Å²) >= 11 is 0. The zero-order valence-corrected chi connectivity index (χ0v) is 49.8. The largest absolute Gasteiger partial charge is 0.756 e. The number of likely N-dealkylation sites (N-methyl/N-ethyl adjacent to an activating group) is 1. The fourth-order valence-electron chi connectivity index (χ4n) is 7.60. The lowest BCUT2D eigenvalue weighted by atomic mass is 10.0. The van der Waals surface area contributed by atoms with Gasteiger partial charge >= 0.3 is 0 Å². The third kappa shape index (κ3) is 57.8. The van der Waals surface area contributed by atoms with E-state index in [1.165, 1.54) is 57.8 Å². The van der Waals surface area contributed by atoms with Gasteiger partial charge in [-0.05, 0) is 109 Å². The van der Waals surface area contributed by atoms with Gasteiger partial charge in [0.2, 0.25) is 5.91 Å². The molecule has 76 heavy (non-hydrogen) atoms. The quantitative estimate of drug-likeness (QED) is 0.0272. The number of nitrogens with one attached hydrogen (secondary N) is 1. The fourth-order valence-corrected chi connectivity index (χ4v) is 8.33. The Bertz CT molecular complexity index is 1790. The SMILES string of the molecule is CC/C=C\C/C=C\C/C=C\C/C=C\C/C=C\C/C=C\C/C=C\C/C=C\C/C=C\C/C=C\C/C=C\C/C=C\CCCCCCC(=O)NC(COP(=O)([O-])OCC[N+](C)(C)C)C(O)/C=C/CCCCCCCCCCCCC. The predicted molar refractivity (Wildman–Crippen MR) is 329 cm³/mol. The first-order valence-electron chi connectivity index (χ1n) is 29.8. The molecule has 9 heteroatoms. The predicted octanol–water partition coefficient (Wildman–Crippen LogP) is 18.0. The molecule has 430 valence electrons. The van der Waals surface area contributed by atoms with Crippen LogP contribution >= 0.6 is 7.82 Å². The highest BCUT2D eigenvalue weighted by Gasteiger charge is 2.23. The minimum atomic E-state index is -4.61. The summed E-state index contributed by atoms with van der Waals surface area (Å²) in [5.74, 6) is -0.229. The Labute approximate surface area is 467 Å². The molecule has 0 spiro atoms. The number of rotatable bonds is 52. The maximum atomic E-state index is 12.9. The number of allylic oxidation sites excluding steroid dienone is 25. The lowest BCUT2D eigenvalue weighted by molar-refractivity contribution is -0.870. The van der Waals surface area contributed by atoms with Crippen molar-refractivity contribution in [3.8, 4) is 0 Å². The number of aliphatic hydroxyl groups excluding tert-OH is 1. The third-order valence-corrected chi connectivity index (χ3v) is 13.2. The number of quaternary nitrogens is 1. The Balaban J connectivity index is 4.19. The molecule has 0 aromatic heterocycles. The monoisotopic (exact) mass is 1070 g/mol. The second kappa shape index (κ2) is 55.9. The van der Waals surface area contributed by atoms with Crippen molar-refractivity contribution in [3.63, 3.8) is 0 Å². The molecule has 0 fully saturated rings. The van der Waals surface area contributed by atoms with E-state index in [1.54, 1.807) is 6.08 Å². The van der Waals surface area contributed by atoms with Crippen LogP contribution in [0.25, 0.3) is 0 Å². The van der Waals surface area contributed by atoms with Crippen molar-refractivity contribution in [3.05, 3.63) is 158 Å². The van der Waals surface area contributed by atoms with Crippen LogP contribution in [0, 0.1) is 0 Å². The Morgan fingerprint density at radius 1 is 0.474 bits per heavy atom. The zero-order valence-electron chi connectivity index (χ0n) is 48.9. The molecule has 0 aliphatic rings. The molecule has 0 aliphatic heterocycles. The van der Waals surface area contributed by atoms with Crippen LogP contribution in [-0.2, 0) is 18.4 Å². The fraction of sp³-hybridized carbons (Fsp3) is 0.597. The number of carbonyl (C=O) groups excluding carboxylic acids is 1. The van der Waals surface area contributed by atoms with Gasteiger partial charge in [-0.1, -0.05) is 249 Å². The van der Waals surface area contributed by atoms with E-state index in [9.17, 15) is 19.4 Å². The van der Waals surface area contributed by atoms with E-state index in [1.807, 2.05) is 27.2 Å². The number of hydrogen-bond acceptors (Lipinski definition) is 6. The Morgan fingerprint density at radius 2 is 0.803 bits per heavy atom. The molecule has 3 unspecified atom stereocenters. The van der Waals surface area contributed by atoms with Crippen LogP contribution in [0.4, 0.5) is 0 Å². The van der Waals surface area contributed by atoms with Gasteiger partial charge in [-0.2, -0.15) is 0 Å². The van der Waals surface area contributed by atoms with Crippen LogP contribution in [0.3, 0.4) is 0 Å². The molecule has 0 radical (unpaired) electrons. The number of unbranched alkanes of at least 4 members (excludes halogenated alkanes) is 15. The molecule has 0 rings (SSSR count). The van der Waals surface area contributed by atoms with Gasteiger partial charge < -0.3 is 28.8 Å². The summed E-state index contributed by atoms with van der Waals surface area (Å²) in [4.78, 5) is 25.4. The minimum Gasteiger partial charge on any atom is -0.756 e. The first kappa shape index (κ1) is 72.1. The van der Waals surface area contributed by atoms with E-state index < -0.39 is 26.6 Å². The van der Waals surface area contributed by atoms with Crippen molar-refractivity contribution in [1.82, 2.24) is 5.32 Å². The van der Waals surface area contributed by atoms with Gasteiger partial charge in [0.25, 0.3) is 7.82 Å². The molecule has 0 heterocycles. The van der Waals surface area contributed by atoms with Crippen molar-refractivity contribution in [2.45, 2.75) is 219 Å². The summed E-state index contributed by atoms with van der Waals surface area (Å²) in [6.45, 7) is 4.48. The molecule has 8 nitrogen and oxygen atoms in total. The minimum absolute atomic E-state index is 0.0146. The summed E-state index contributed by atoms with van der Waals surface area (Å²) in [6, 6.07) is -0.911. The van der Waals surface area contributed by atoms with E-state index >= 15 is 0 Å². The average molecular weight is 1070 g/mol. The van der Waals surface area contributed by atoms with Crippen molar-refractivity contribution >= 4 is 13.7 Å². The summed E-state index contributed by atoms with van der Waals surface area (Å²) in [6.07, 6.45) is 87.6. The lowest BCUT2D eigenvalue weighted by Gasteiger charge is -2.29. The maximum Gasteiger partial charge on any atom is 0.268 e. The first-order valence-corrected chi connectivity index (χ1v) is 31.3. The smallest absolute Gasteiger partial charge is 0.268 e. The van der Waals surface area contributed by atoms with Gasteiger partial charge in [0.05, 0.1) is 39.9 Å². The highest BCUT2D eigenvalue weighted by atomic mass is 31.2. The first-order chi connectivity index (χ1) is 37.0. The highest BCUT2D eigenvalue weighted by Crippen LogP contribution is 2.38. The van der Waals surface area contributed by atoms with Gasteiger partial charge in [-0.15, -0.1) is 0 Å². The van der Waals surface area contributed by atoms with Crippen molar-refractivity contribution in [1.29, 1.82) is 0 Å². The van der Waals surface area contributed by atoms with Crippen molar-refractivity contribution < 1.29 is 32.9 Å². The normalized spacial score (nSPS) is 15.0. The Morgan fingerprint density at radius 3 is 1.17 bits per heavy atom. The van der Waals surface area contributed by atoms with Gasteiger partial charge in [0.15, 0.2) is 0 Å². The molecule has 0 bridgehead atoms. The molecular formula is C67H111N2O6P. The van der Waals surface area contributed by atoms with E-state index in [2.05, 4.69) is 165 Å². The van der Waals surface area contributed by atoms with Crippen LogP contribution in [0.15, 0.2) is 158 Å². The van der Waals surface area contributed by atoms with Gasteiger partial charge in [0.1, 0.15) is 13.2 Å². The van der Waals surface area contributed by atoms with Crippen molar-refractivity contribution in [2.24, 2.45) is 0 Å². The average Bonchev–Trinajstić information content (AvgIpc) is 3.38. The second-order valence-electron chi connectivity index (χ2n) is 20.6. The number of phosphoric ester groups is 1. The highest BCUT2D eigenvalue weighted by molar-refractivity contribution is 7.45. The molecule has 0 aliphatic carbocycles. The van der Waals surface area contributed by atoms with Gasteiger partial charge in [-0.25, -0.2) is 0 Å². The topological polar surface area (TPSA) is 108 Å². The summed E-state index contributed by atoms with van der Waals surface area (Å²) in [5, 5.41) is 13.8. The second-order valence-corrected chi connectivity index (χ2v) is 22.0. The van der Waals surface area contributed by atoms with Crippen LogP contribution < -0.4 is 10.2 Å². The van der Waals surface area contributed by atoms with Crippen LogP contribution in [0.1, 0.15) is 206 Å². The third-order valence-electron chi connectivity index (χ3n) is 12.2. The van der Waals surface area contributed by atoms with Crippen LogP contribution in [-0.4, -0.2) is 68.5 Å².